The normalized spacial score (nSPS) is 10.5. The first-order valence-electron chi connectivity index (χ1n) is 5.33. The van der Waals surface area contributed by atoms with Gasteiger partial charge in [-0.2, -0.15) is 0 Å². The zero-order valence-electron chi connectivity index (χ0n) is 9.97. The molecule has 16 heavy (non-hydrogen) atoms. The van der Waals surface area contributed by atoms with Crippen molar-refractivity contribution in [3.63, 3.8) is 0 Å². The Balaban J connectivity index is 2.63. The predicted octanol–water partition coefficient (Wildman–Crippen LogP) is 1.18. The highest BCUT2D eigenvalue weighted by Gasteiger charge is 2.13. The summed E-state index contributed by atoms with van der Waals surface area (Å²) in [5.41, 5.74) is 5.77. The van der Waals surface area contributed by atoms with E-state index in [9.17, 15) is 4.79 Å². The van der Waals surface area contributed by atoms with Crippen LogP contribution in [0.3, 0.4) is 0 Å². The minimum Gasteiger partial charge on any atom is -0.382 e. The molecule has 0 saturated heterocycles. The van der Waals surface area contributed by atoms with Crippen molar-refractivity contribution in [2.75, 3.05) is 19.3 Å². The molecule has 1 aromatic heterocycles. The molecule has 5 nitrogen and oxygen atoms in total. The molecule has 0 aromatic carbocycles. The molecular formula is C11H18N4O. The molecule has 0 aliphatic carbocycles. The maximum Gasteiger partial charge on any atom is 0.273 e. The lowest BCUT2D eigenvalue weighted by molar-refractivity contribution is 0.0783. The number of carbonyl (C=O) groups excluding carboxylic acids is 1. The van der Waals surface area contributed by atoms with Crippen molar-refractivity contribution >= 4 is 11.7 Å². The van der Waals surface area contributed by atoms with E-state index in [1.807, 2.05) is 0 Å². The van der Waals surface area contributed by atoms with E-state index in [4.69, 9.17) is 5.73 Å². The van der Waals surface area contributed by atoms with Crippen molar-refractivity contribution in [2.45, 2.75) is 20.3 Å². The van der Waals surface area contributed by atoms with Gasteiger partial charge in [0.1, 0.15) is 11.5 Å². The van der Waals surface area contributed by atoms with Gasteiger partial charge < -0.3 is 10.6 Å². The van der Waals surface area contributed by atoms with Crippen LogP contribution in [-0.4, -0.2) is 34.4 Å². The average Bonchev–Trinajstić information content (AvgIpc) is 2.24. The van der Waals surface area contributed by atoms with Crippen LogP contribution in [0.4, 0.5) is 5.82 Å². The second kappa shape index (κ2) is 5.44. The number of rotatable bonds is 4. The van der Waals surface area contributed by atoms with E-state index in [1.165, 1.54) is 12.4 Å². The fraction of sp³-hybridized carbons (Fsp3) is 0.545. The lowest BCUT2D eigenvalue weighted by Crippen LogP contribution is -2.29. The number of nitrogens with zero attached hydrogens (tertiary/aromatic N) is 3. The SMILES string of the molecule is CC(C)CCN(C)C(=O)c1cncc(N)n1. The Morgan fingerprint density at radius 3 is 2.75 bits per heavy atom. The fourth-order valence-corrected chi connectivity index (χ4v) is 1.23. The fourth-order valence-electron chi connectivity index (χ4n) is 1.23. The van der Waals surface area contributed by atoms with Crippen LogP contribution in [0.25, 0.3) is 0 Å². The molecule has 0 radical (unpaired) electrons. The summed E-state index contributed by atoms with van der Waals surface area (Å²) in [6.07, 6.45) is 3.83. The van der Waals surface area contributed by atoms with Gasteiger partial charge in [0.2, 0.25) is 0 Å². The molecule has 0 aliphatic heterocycles. The zero-order chi connectivity index (χ0) is 12.1. The first-order valence-corrected chi connectivity index (χ1v) is 5.33. The van der Waals surface area contributed by atoms with Crippen molar-refractivity contribution < 1.29 is 4.79 Å². The third kappa shape index (κ3) is 3.49. The van der Waals surface area contributed by atoms with Crippen LogP contribution in [0.1, 0.15) is 30.8 Å². The second-order valence-corrected chi connectivity index (χ2v) is 4.24. The molecule has 1 aromatic rings. The minimum absolute atomic E-state index is 0.138. The molecule has 0 unspecified atom stereocenters. The molecule has 1 amide bonds. The molecule has 0 saturated carbocycles. The number of carbonyl (C=O) groups is 1. The first-order chi connectivity index (χ1) is 7.50. The number of amides is 1. The standard InChI is InChI=1S/C11H18N4O/c1-8(2)4-5-15(3)11(16)9-6-13-7-10(12)14-9/h6-8H,4-5H2,1-3H3,(H2,12,14). The molecule has 0 bridgehead atoms. The third-order valence-electron chi connectivity index (χ3n) is 2.26. The van der Waals surface area contributed by atoms with E-state index in [-0.39, 0.29) is 11.7 Å². The zero-order valence-corrected chi connectivity index (χ0v) is 9.97. The molecular weight excluding hydrogens is 204 g/mol. The van der Waals surface area contributed by atoms with Crippen molar-refractivity contribution in [1.82, 2.24) is 14.9 Å². The Labute approximate surface area is 95.7 Å². The Kier molecular flexibility index (Phi) is 4.22. The van der Waals surface area contributed by atoms with E-state index in [0.717, 1.165) is 6.42 Å². The Morgan fingerprint density at radius 2 is 2.19 bits per heavy atom. The average molecular weight is 222 g/mol. The molecule has 2 N–H and O–H groups in total. The Hall–Kier alpha value is -1.65. The van der Waals surface area contributed by atoms with E-state index in [2.05, 4.69) is 23.8 Å². The molecule has 88 valence electrons. The van der Waals surface area contributed by atoms with Gasteiger partial charge in [0, 0.05) is 13.6 Å². The topological polar surface area (TPSA) is 72.1 Å². The second-order valence-electron chi connectivity index (χ2n) is 4.24. The molecule has 0 atom stereocenters. The highest BCUT2D eigenvalue weighted by molar-refractivity contribution is 5.92. The molecule has 0 aliphatic rings. The summed E-state index contributed by atoms with van der Waals surface area (Å²) in [5.74, 6) is 0.700. The molecule has 1 rings (SSSR count). The first kappa shape index (κ1) is 12.4. The number of hydrogen-bond acceptors (Lipinski definition) is 4. The molecule has 0 fully saturated rings. The lowest BCUT2D eigenvalue weighted by Gasteiger charge is -2.17. The highest BCUT2D eigenvalue weighted by Crippen LogP contribution is 2.05. The van der Waals surface area contributed by atoms with E-state index < -0.39 is 0 Å². The van der Waals surface area contributed by atoms with E-state index in [1.54, 1.807) is 11.9 Å². The summed E-state index contributed by atoms with van der Waals surface area (Å²) < 4.78 is 0. The van der Waals surface area contributed by atoms with Crippen LogP contribution in [0.2, 0.25) is 0 Å². The summed E-state index contributed by atoms with van der Waals surface area (Å²) in [4.78, 5) is 21.3. The number of nitrogens with two attached hydrogens (primary N) is 1. The summed E-state index contributed by atoms with van der Waals surface area (Å²) >= 11 is 0. The van der Waals surface area contributed by atoms with Gasteiger partial charge in [-0.1, -0.05) is 13.8 Å². The maximum absolute atomic E-state index is 11.9. The molecule has 5 heteroatoms. The lowest BCUT2D eigenvalue weighted by atomic mass is 10.1. The largest absolute Gasteiger partial charge is 0.382 e. The number of nitrogen functional groups attached to an aromatic ring is 1. The number of hydrogen-bond donors (Lipinski definition) is 1. The summed E-state index contributed by atoms with van der Waals surface area (Å²) in [6, 6.07) is 0. The highest BCUT2D eigenvalue weighted by atomic mass is 16.2. The molecule has 1 heterocycles. The van der Waals surface area contributed by atoms with E-state index >= 15 is 0 Å². The van der Waals surface area contributed by atoms with Gasteiger partial charge in [0.15, 0.2) is 0 Å². The van der Waals surface area contributed by atoms with Crippen LogP contribution in [0.5, 0.6) is 0 Å². The van der Waals surface area contributed by atoms with Crippen molar-refractivity contribution in [2.24, 2.45) is 5.92 Å². The Bertz CT molecular complexity index is 365. The molecule has 0 spiro atoms. The number of anilines is 1. The Morgan fingerprint density at radius 1 is 1.50 bits per heavy atom. The van der Waals surface area contributed by atoms with Crippen LogP contribution >= 0.6 is 0 Å². The van der Waals surface area contributed by atoms with Gasteiger partial charge in [-0.05, 0) is 12.3 Å². The van der Waals surface area contributed by atoms with Crippen LogP contribution in [-0.2, 0) is 0 Å². The van der Waals surface area contributed by atoms with E-state index in [0.29, 0.717) is 18.2 Å². The van der Waals surface area contributed by atoms with Crippen LogP contribution < -0.4 is 5.73 Å². The van der Waals surface area contributed by atoms with Crippen molar-refractivity contribution in [3.05, 3.63) is 18.1 Å². The van der Waals surface area contributed by atoms with Crippen LogP contribution in [0, 0.1) is 5.92 Å². The van der Waals surface area contributed by atoms with Crippen LogP contribution in [0.15, 0.2) is 12.4 Å². The quantitative estimate of drug-likeness (QED) is 0.830. The number of aromatic nitrogens is 2. The monoisotopic (exact) mass is 222 g/mol. The summed E-state index contributed by atoms with van der Waals surface area (Å²) in [6.45, 7) is 4.96. The van der Waals surface area contributed by atoms with Gasteiger partial charge in [0.05, 0.1) is 12.4 Å². The van der Waals surface area contributed by atoms with Gasteiger partial charge in [-0.15, -0.1) is 0 Å². The maximum atomic E-state index is 11.9. The van der Waals surface area contributed by atoms with Gasteiger partial charge in [-0.25, -0.2) is 4.98 Å². The van der Waals surface area contributed by atoms with Gasteiger partial charge >= 0.3 is 0 Å². The smallest absolute Gasteiger partial charge is 0.273 e. The third-order valence-corrected chi connectivity index (χ3v) is 2.26. The predicted molar refractivity (Wildman–Crippen MR) is 62.9 cm³/mol. The summed E-state index contributed by atoms with van der Waals surface area (Å²) in [5, 5.41) is 0. The minimum atomic E-state index is -0.138. The van der Waals surface area contributed by atoms with Gasteiger partial charge in [-0.3, -0.25) is 9.78 Å². The summed E-state index contributed by atoms with van der Waals surface area (Å²) in [7, 11) is 1.76. The van der Waals surface area contributed by atoms with Crippen molar-refractivity contribution in [1.29, 1.82) is 0 Å². The van der Waals surface area contributed by atoms with Gasteiger partial charge in [0.25, 0.3) is 5.91 Å². The van der Waals surface area contributed by atoms with Crippen molar-refractivity contribution in [3.8, 4) is 0 Å².